The van der Waals surface area contributed by atoms with Crippen molar-refractivity contribution in [2.45, 2.75) is 19.4 Å². The van der Waals surface area contributed by atoms with Crippen LogP contribution < -0.4 is 19.1 Å². The lowest BCUT2D eigenvalue weighted by Gasteiger charge is -2.26. The SMILES string of the molecule is CCc1ccc(N2C(=O)C(=O)/C(=C(/O)c3c(OC)cccc3OC)C2c2ccc(OC)cc2)cc1. The number of carbonyl (C=O) groups is 2. The summed E-state index contributed by atoms with van der Waals surface area (Å²) in [6, 6.07) is 18.6. The number of anilines is 1. The van der Waals surface area contributed by atoms with Gasteiger partial charge < -0.3 is 19.3 Å². The van der Waals surface area contributed by atoms with Crippen molar-refractivity contribution in [2.24, 2.45) is 0 Å². The van der Waals surface area contributed by atoms with E-state index in [0.717, 1.165) is 12.0 Å². The second-order valence-electron chi connectivity index (χ2n) is 8.00. The molecule has 0 aromatic heterocycles. The van der Waals surface area contributed by atoms with Gasteiger partial charge in [-0.3, -0.25) is 14.5 Å². The first kappa shape index (κ1) is 23.9. The third-order valence-corrected chi connectivity index (χ3v) is 6.16. The first-order valence-electron chi connectivity index (χ1n) is 11.2. The Morgan fingerprint density at radius 2 is 1.46 bits per heavy atom. The van der Waals surface area contributed by atoms with E-state index in [0.29, 0.717) is 28.5 Å². The number of nitrogens with zero attached hydrogens (tertiary/aromatic N) is 1. The van der Waals surface area contributed by atoms with Crippen molar-refractivity contribution < 1.29 is 28.9 Å². The van der Waals surface area contributed by atoms with Crippen molar-refractivity contribution in [1.82, 2.24) is 0 Å². The van der Waals surface area contributed by atoms with Gasteiger partial charge in [0.15, 0.2) is 0 Å². The van der Waals surface area contributed by atoms with Crippen molar-refractivity contribution in [1.29, 1.82) is 0 Å². The fourth-order valence-electron chi connectivity index (χ4n) is 4.31. The molecular formula is C28H27NO6. The Morgan fingerprint density at radius 3 is 1.97 bits per heavy atom. The zero-order valence-corrected chi connectivity index (χ0v) is 20.1. The Kier molecular flexibility index (Phi) is 6.78. The number of rotatable bonds is 7. The van der Waals surface area contributed by atoms with Gasteiger partial charge in [-0.25, -0.2) is 0 Å². The van der Waals surface area contributed by atoms with Gasteiger partial charge in [-0.2, -0.15) is 0 Å². The van der Waals surface area contributed by atoms with Gasteiger partial charge in [-0.15, -0.1) is 0 Å². The van der Waals surface area contributed by atoms with Crippen molar-refractivity contribution >= 4 is 23.1 Å². The number of hydrogen-bond acceptors (Lipinski definition) is 6. The van der Waals surface area contributed by atoms with Crippen LogP contribution >= 0.6 is 0 Å². The van der Waals surface area contributed by atoms with E-state index in [2.05, 4.69) is 0 Å². The van der Waals surface area contributed by atoms with Crippen molar-refractivity contribution in [3.8, 4) is 17.2 Å². The molecule has 0 saturated carbocycles. The Morgan fingerprint density at radius 1 is 0.857 bits per heavy atom. The lowest BCUT2D eigenvalue weighted by atomic mass is 9.94. The van der Waals surface area contributed by atoms with Gasteiger partial charge in [0, 0.05) is 5.69 Å². The summed E-state index contributed by atoms with van der Waals surface area (Å²) in [6.45, 7) is 2.04. The first-order chi connectivity index (χ1) is 16.9. The first-order valence-corrected chi connectivity index (χ1v) is 11.2. The number of methoxy groups -OCH3 is 3. The fraction of sp³-hybridized carbons (Fsp3) is 0.214. The van der Waals surface area contributed by atoms with Crippen LogP contribution in [0.3, 0.4) is 0 Å². The van der Waals surface area contributed by atoms with E-state index in [1.54, 1.807) is 49.6 Å². The Labute approximate surface area is 204 Å². The highest BCUT2D eigenvalue weighted by Gasteiger charge is 2.47. The van der Waals surface area contributed by atoms with Crippen LogP contribution in [0.5, 0.6) is 17.2 Å². The summed E-state index contributed by atoms with van der Waals surface area (Å²) in [5, 5.41) is 11.5. The van der Waals surface area contributed by atoms with E-state index >= 15 is 0 Å². The molecule has 1 amide bonds. The molecule has 1 aliphatic heterocycles. The van der Waals surface area contributed by atoms with E-state index < -0.39 is 17.7 Å². The Bertz CT molecular complexity index is 1260. The minimum atomic E-state index is -0.872. The van der Waals surface area contributed by atoms with E-state index in [1.807, 2.05) is 31.2 Å². The minimum Gasteiger partial charge on any atom is -0.506 e. The predicted octanol–water partition coefficient (Wildman–Crippen LogP) is 4.90. The average molecular weight is 474 g/mol. The van der Waals surface area contributed by atoms with Gasteiger partial charge in [0.25, 0.3) is 11.7 Å². The number of aryl methyl sites for hydroxylation is 1. The van der Waals surface area contributed by atoms with Crippen LogP contribution in [0.4, 0.5) is 5.69 Å². The number of amides is 1. The second-order valence-corrected chi connectivity index (χ2v) is 8.00. The number of benzene rings is 3. The highest BCUT2D eigenvalue weighted by Crippen LogP contribution is 2.45. The van der Waals surface area contributed by atoms with Gasteiger partial charge in [-0.05, 0) is 53.9 Å². The highest BCUT2D eigenvalue weighted by molar-refractivity contribution is 6.51. The molecule has 4 rings (SSSR count). The number of ketones is 1. The lowest BCUT2D eigenvalue weighted by molar-refractivity contribution is -0.132. The third kappa shape index (κ3) is 4.21. The van der Waals surface area contributed by atoms with Crippen LogP contribution in [0.1, 0.15) is 29.7 Å². The maximum Gasteiger partial charge on any atom is 0.300 e. The number of aliphatic hydroxyl groups is 1. The molecular weight excluding hydrogens is 446 g/mol. The lowest BCUT2D eigenvalue weighted by Crippen LogP contribution is -2.29. The summed E-state index contributed by atoms with van der Waals surface area (Å²) in [4.78, 5) is 28.2. The third-order valence-electron chi connectivity index (χ3n) is 6.16. The summed E-state index contributed by atoms with van der Waals surface area (Å²) in [5.41, 5.74) is 2.44. The summed E-state index contributed by atoms with van der Waals surface area (Å²) in [5.74, 6) is -0.639. The predicted molar refractivity (Wildman–Crippen MR) is 133 cm³/mol. The Balaban J connectivity index is 1.97. The van der Waals surface area contributed by atoms with E-state index in [1.165, 1.54) is 19.1 Å². The van der Waals surface area contributed by atoms with Gasteiger partial charge in [0.2, 0.25) is 0 Å². The van der Waals surface area contributed by atoms with E-state index in [9.17, 15) is 14.7 Å². The summed E-state index contributed by atoms with van der Waals surface area (Å²) >= 11 is 0. The molecule has 1 atom stereocenters. The number of aliphatic hydroxyl groups excluding tert-OH is 1. The largest absolute Gasteiger partial charge is 0.506 e. The van der Waals surface area contributed by atoms with Gasteiger partial charge >= 0.3 is 0 Å². The number of ether oxygens (including phenoxy) is 3. The van der Waals surface area contributed by atoms with Gasteiger partial charge in [-0.1, -0.05) is 37.3 Å². The van der Waals surface area contributed by atoms with Crippen molar-refractivity contribution in [3.63, 3.8) is 0 Å². The number of Topliss-reactive ketones (excluding diaryl/α,β-unsaturated/α-hetero) is 1. The number of carbonyl (C=O) groups excluding carboxylic acids is 2. The standard InChI is InChI=1S/C28H27NO6/c1-5-17-9-13-19(14-10-17)29-25(18-11-15-20(33-2)16-12-18)24(27(31)28(29)32)26(30)23-21(34-3)7-6-8-22(23)35-4/h6-16,25,30H,5H2,1-4H3/b26-24+. The fourth-order valence-corrected chi connectivity index (χ4v) is 4.31. The molecule has 1 N–H and O–H groups in total. The molecule has 0 aliphatic carbocycles. The molecule has 1 heterocycles. The summed E-state index contributed by atoms with van der Waals surface area (Å²) < 4.78 is 16.1. The Hall–Kier alpha value is -4.26. The quantitative estimate of drug-likeness (QED) is 0.298. The molecule has 180 valence electrons. The maximum absolute atomic E-state index is 13.4. The molecule has 1 saturated heterocycles. The summed E-state index contributed by atoms with van der Waals surface area (Å²) in [6.07, 6.45) is 0.842. The molecule has 3 aromatic rings. The van der Waals surface area contributed by atoms with Crippen LogP contribution in [-0.4, -0.2) is 38.1 Å². The van der Waals surface area contributed by atoms with Gasteiger partial charge in [0.05, 0.1) is 32.9 Å². The van der Waals surface area contributed by atoms with E-state index in [-0.39, 0.29) is 16.9 Å². The van der Waals surface area contributed by atoms with Gasteiger partial charge in [0.1, 0.15) is 28.6 Å². The number of hydrogen-bond donors (Lipinski definition) is 1. The zero-order valence-electron chi connectivity index (χ0n) is 20.1. The smallest absolute Gasteiger partial charge is 0.300 e. The van der Waals surface area contributed by atoms with Crippen LogP contribution in [0.15, 0.2) is 72.3 Å². The van der Waals surface area contributed by atoms with E-state index in [4.69, 9.17) is 14.2 Å². The molecule has 7 heteroatoms. The summed E-state index contributed by atoms with van der Waals surface area (Å²) in [7, 11) is 4.48. The molecule has 7 nitrogen and oxygen atoms in total. The van der Waals surface area contributed by atoms with Crippen molar-refractivity contribution in [2.75, 3.05) is 26.2 Å². The van der Waals surface area contributed by atoms with Crippen LogP contribution in [0, 0.1) is 0 Å². The molecule has 35 heavy (non-hydrogen) atoms. The van der Waals surface area contributed by atoms with Crippen LogP contribution in [-0.2, 0) is 16.0 Å². The topological polar surface area (TPSA) is 85.3 Å². The van der Waals surface area contributed by atoms with Crippen molar-refractivity contribution in [3.05, 3.63) is 89.0 Å². The molecule has 1 unspecified atom stereocenters. The highest BCUT2D eigenvalue weighted by atomic mass is 16.5. The zero-order chi connectivity index (χ0) is 25.1. The molecule has 0 radical (unpaired) electrons. The monoisotopic (exact) mass is 473 g/mol. The second kappa shape index (κ2) is 9.93. The molecule has 3 aromatic carbocycles. The minimum absolute atomic E-state index is 0.0532. The average Bonchev–Trinajstić information content (AvgIpc) is 3.17. The van der Waals surface area contributed by atoms with Crippen LogP contribution in [0.2, 0.25) is 0 Å². The molecule has 1 aliphatic rings. The molecule has 0 bridgehead atoms. The molecule has 0 spiro atoms. The maximum atomic E-state index is 13.4. The molecule has 1 fully saturated rings. The normalized spacial score (nSPS) is 16.9. The van der Waals surface area contributed by atoms with Crippen LogP contribution in [0.25, 0.3) is 5.76 Å².